The fourth-order valence-electron chi connectivity index (χ4n) is 2.60. The lowest BCUT2D eigenvalue weighted by molar-refractivity contribution is 0.362. The minimum Gasteiger partial charge on any atom is -0.275 e. The molecule has 0 aliphatic heterocycles. The van der Waals surface area contributed by atoms with E-state index in [4.69, 9.17) is 11.6 Å². The zero-order chi connectivity index (χ0) is 19.1. The fraction of sp³-hybridized carbons (Fsp3) is 0.364. The number of nitrogens with zero attached hydrogens (tertiary/aromatic N) is 2. The molecular weight excluding hydrogens is 342 g/mol. The quantitative estimate of drug-likeness (QED) is 0.341. The fourth-order valence-corrected chi connectivity index (χ4v) is 2.87. The van der Waals surface area contributed by atoms with Crippen LogP contribution in [-0.4, -0.2) is 12.1 Å². The Morgan fingerprint density at radius 2 is 1.69 bits per heavy atom. The Kier molecular flexibility index (Phi) is 7.40. The minimum absolute atomic E-state index is 0.408. The van der Waals surface area contributed by atoms with Gasteiger partial charge < -0.3 is 0 Å². The largest absolute Gasteiger partial charge is 0.275 e. The van der Waals surface area contributed by atoms with Crippen molar-refractivity contribution < 1.29 is 0 Å². The molecule has 0 fully saturated rings. The Labute approximate surface area is 162 Å². The molecule has 0 saturated carbocycles. The number of hydrogen-bond acceptors (Lipinski definition) is 2. The van der Waals surface area contributed by atoms with Crippen molar-refractivity contribution in [1.29, 1.82) is 0 Å². The summed E-state index contributed by atoms with van der Waals surface area (Å²) in [6, 6.07) is 16.0. The van der Waals surface area contributed by atoms with Crippen LogP contribution in [0.4, 0.5) is 5.69 Å². The predicted octanol–water partition coefficient (Wildman–Crippen LogP) is 6.75. The first-order valence-corrected chi connectivity index (χ1v) is 9.46. The van der Waals surface area contributed by atoms with Crippen LogP contribution in [0.15, 0.2) is 58.6 Å². The minimum atomic E-state index is 0.408. The number of hydrazone groups is 1. The highest BCUT2D eigenvalue weighted by Crippen LogP contribution is 2.33. The normalized spacial score (nSPS) is 14.7. The summed E-state index contributed by atoms with van der Waals surface area (Å²) in [5.74, 6) is 2.29. The molecule has 0 aromatic heterocycles. The van der Waals surface area contributed by atoms with E-state index < -0.39 is 0 Å². The van der Waals surface area contributed by atoms with Gasteiger partial charge in [-0.15, -0.1) is 0 Å². The van der Waals surface area contributed by atoms with Crippen LogP contribution in [0.25, 0.3) is 11.1 Å². The Bertz CT molecular complexity index is 766. The summed E-state index contributed by atoms with van der Waals surface area (Å²) in [6.07, 6.45) is 1.98. The summed E-state index contributed by atoms with van der Waals surface area (Å²) in [4.78, 5) is 4.47. The first-order valence-electron chi connectivity index (χ1n) is 9.08. The molecule has 3 nitrogen and oxygen atoms in total. The van der Waals surface area contributed by atoms with Crippen LogP contribution < -0.4 is 5.43 Å². The van der Waals surface area contributed by atoms with Gasteiger partial charge in [-0.25, -0.2) is 4.99 Å². The summed E-state index contributed by atoms with van der Waals surface area (Å²) in [5, 5.41) is 5.00. The maximum absolute atomic E-state index is 6.56. The average Bonchev–Trinajstić information content (AvgIpc) is 2.65. The Morgan fingerprint density at radius 1 is 1.00 bits per heavy atom. The molecule has 0 bridgehead atoms. The molecule has 1 N–H and O–H groups in total. The summed E-state index contributed by atoms with van der Waals surface area (Å²) >= 11 is 6.56. The smallest absolute Gasteiger partial charge is 0.145 e. The van der Waals surface area contributed by atoms with E-state index in [1.54, 1.807) is 0 Å². The number of hydrogen-bond donors (Lipinski definition) is 1. The zero-order valence-corrected chi connectivity index (χ0v) is 17.0. The number of benzene rings is 2. The van der Waals surface area contributed by atoms with Crippen molar-refractivity contribution in [3.05, 3.63) is 53.6 Å². The van der Waals surface area contributed by atoms with E-state index in [0.29, 0.717) is 28.6 Å². The standard InChI is InChI=1S/C22H28ClN3/c1-15(2)17(4)16(3)14-24-18(5)25-26-21-13-9-12-20(22(21)23)19-10-7-6-8-11-19/h6-17,26H,1-5H3/b24-14-,25-18+/t16?,17-/m1/s1. The number of amidine groups is 1. The van der Waals surface area contributed by atoms with Crippen molar-refractivity contribution in [3.63, 3.8) is 0 Å². The highest BCUT2D eigenvalue weighted by atomic mass is 35.5. The summed E-state index contributed by atoms with van der Waals surface area (Å²) in [6.45, 7) is 10.8. The molecule has 0 heterocycles. The van der Waals surface area contributed by atoms with Crippen LogP contribution in [0, 0.1) is 17.8 Å². The van der Waals surface area contributed by atoms with Gasteiger partial charge >= 0.3 is 0 Å². The average molecular weight is 370 g/mol. The van der Waals surface area contributed by atoms with E-state index in [0.717, 1.165) is 16.8 Å². The van der Waals surface area contributed by atoms with Crippen molar-refractivity contribution >= 4 is 29.3 Å². The molecule has 4 heteroatoms. The Balaban J connectivity index is 2.10. The van der Waals surface area contributed by atoms with Gasteiger partial charge in [0.05, 0.1) is 10.7 Å². The van der Waals surface area contributed by atoms with Crippen LogP contribution in [0.5, 0.6) is 0 Å². The van der Waals surface area contributed by atoms with E-state index in [9.17, 15) is 0 Å². The summed E-state index contributed by atoms with van der Waals surface area (Å²) in [5.41, 5.74) is 5.87. The first kappa shape index (κ1) is 20.2. The van der Waals surface area contributed by atoms with E-state index in [1.165, 1.54) is 0 Å². The van der Waals surface area contributed by atoms with Gasteiger partial charge in [-0.3, -0.25) is 5.43 Å². The molecule has 0 aliphatic rings. The molecule has 0 spiro atoms. The molecule has 2 rings (SSSR count). The van der Waals surface area contributed by atoms with Gasteiger partial charge in [-0.05, 0) is 36.3 Å². The van der Waals surface area contributed by atoms with Crippen LogP contribution in [0.3, 0.4) is 0 Å². The summed E-state index contributed by atoms with van der Waals surface area (Å²) < 4.78 is 0. The van der Waals surface area contributed by atoms with Crippen LogP contribution in [0.1, 0.15) is 34.6 Å². The van der Waals surface area contributed by atoms with Gasteiger partial charge in [0.1, 0.15) is 5.84 Å². The molecule has 1 unspecified atom stereocenters. The molecule has 0 amide bonds. The number of anilines is 1. The summed E-state index contributed by atoms with van der Waals surface area (Å²) in [7, 11) is 0. The van der Waals surface area contributed by atoms with Gasteiger partial charge in [-0.1, -0.05) is 81.8 Å². The van der Waals surface area contributed by atoms with Crippen LogP contribution >= 0.6 is 11.6 Å². The molecule has 26 heavy (non-hydrogen) atoms. The highest BCUT2D eigenvalue weighted by Gasteiger charge is 2.13. The van der Waals surface area contributed by atoms with Gasteiger partial charge in [0.2, 0.25) is 0 Å². The van der Waals surface area contributed by atoms with Crippen molar-refractivity contribution in [1.82, 2.24) is 0 Å². The maximum Gasteiger partial charge on any atom is 0.145 e. The molecule has 2 aromatic rings. The second-order valence-corrected chi connectivity index (χ2v) is 7.42. The molecule has 0 saturated heterocycles. The molecule has 138 valence electrons. The SMILES string of the molecule is CC(/N=C\C(C)[C@H](C)C(C)C)=N\Nc1cccc(-c2ccccc2)c1Cl. The number of rotatable bonds is 6. The maximum atomic E-state index is 6.56. The van der Waals surface area contributed by atoms with Gasteiger partial charge in [0.15, 0.2) is 0 Å². The molecule has 2 atom stereocenters. The molecular formula is C22H28ClN3. The zero-order valence-electron chi connectivity index (χ0n) is 16.2. The third-order valence-corrected chi connectivity index (χ3v) is 5.21. The Hall–Kier alpha value is -2.13. The van der Waals surface area contributed by atoms with E-state index in [1.807, 2.05) is 61.7 Å². The third-order valence-electron chi connectivity index (χ3n) is 4.80. The van der Waals surface area contributed by atoms with Crippen LogP contribution in [0.2, 0.25) is 5.02 Å². The van der Waals surface area contributed by atoms with Crippen molar-refractivity contribution in [2.24, 2.45) is 27.8 Å². The predicted molar refractivity (Wildman–Crippen MR) is 115 cm³/mol. The molecule has 0 radical (unpaired) electrons. The first-order chi connectivity index (χ1) is 12.4. The van der Waals surface area contributed by atoms with Crippen LogP contribution in [-0.2, 0) is 0 Å². The van der Waals surface area contributed by atoms with E-state index in [-0.39, 0.29) is 0 Å². The number of aliphatic imine (C=N–C) groups is 1. The second kappa shape index (κ2) is 9.54. The number of halogens is 1. The monoisotopic (exact) mass is 369 g/mol. The number of nitrogens with one attached hydrogen (secondary N) is 1. The third kappa shape index (κ3) is 5.43. The Morgan fingerprint density at radius 3 is 2.35 bits per heavy atom. The van der Waals surface area contributed by atoms with Gasteiger partial charge in [-0.2, -0.15) is 5.10 Å². The van der Waals surface area contributed by atoms with E-state index >= 15 is 0 Å². The molecule has 2 aromatic carbocycles. The van der Waals surface area contributed by atoms with Crippen molar-refractivity contribution in [3.8, 4) is 11.1 Å². The van der Waals surface area contributed by atoms with Gasteiger partial charge in [0, 0.05) is 11.8 Å². The topological polar surface area (TPSA) is 36.8 Å². The van der Waals surface area contributed by atoms with Crippen molar-refractivity contribution in [2.75, 3.05) is 5.43 Å². The second-order valence-electron chi connectivity index (χ2n) is 7.04. The van der Waals surface area contributed by atoms with Gasteiger partial charge in [0.25, 0.3) is 0 Å². The lowest BCUT2D eigenvalue weighted by atomic mass is 9.87. The van der Waals surface area contributed by atoms with Crippen molar-refractivity contribution in [2.45, 2.75) is 34.6 Å². The van der Waals surface area contributed by atoms with E-state index in [2.05, 4.69) is 43.2 Å². The lowest BCUT2D eigenvalue weighted by Gasteiger charge is -2.19. The molecule has 0 aliphatic carbocycles. The lowest BCUT2D eigenvalue weighted by Crippen LogP contribution is -2.15. The highest BCUT2D eigenvalue weighted by molar-refractivity contribution is 6.36.